The van der Waals surface area contributed by atoms with Crippen LogP contribution in [0.5, 0.6) is 0 Å². The number of fused-ring (bicyclic) bond motifs is 3. The van der Waals surface area contributed by atoms with Gasteiger partial charge in [0.25, 0.3) is 0 Å². The number of imidazole rings is 1. The van der Waals surface area contributed by atoms with Gasteiger partial charge in [0, 0.05) is 25.2 Å². The van der Waals surface area contributed by atoms with Gasteiger partial charge in [-0.05, 0) is 63.4 Å². The Balaban J connectivity index is 1.70. The molecule has 0 saturated carbocycles. The van der Waals surface area contributed by atoms with Crippen molar-refractivity contribution in [3.8, 4) is 11.5 Å². The minimum absolute atomic E-state index is 0.786. The molecule has 0 spiro atoms. The van der Waals surface area contributed by atoms with Crippen molar-refractivity contribution in [1.29, 1.82) is 0 Å². The minimum atomic E-state index is 0.786. The van der Waals surface area contributed by atoms with Gasteiger partial charge in [0.1, 0.15) is 5.52 Å². The minimum Gasteiger partial charge on any atom is -0.348 e. The molecule has 0 bridgehead atoms. The van der Waals surface area contributed by atoms with Gasteiger partial charge in [-0.15, -0.1) is 0 Å². The van der Waals surface area contributed by atoms with Crippen LogP contribution in [0.15, 0.2) is 42.6 Å². The van der Waals surface area contributed by atoms with Gasteiger partial charge in [-0.1, -0.05) is 18.2 Å². The molecule has 1 aliphatic heterocycles. The molecular formula is C23H27N5. The Labute approximate surface area is 165 Å². The first kappa shape index (κ1) is 17.4. The number of piperidine rings is 1. The number of aromatic nitrogens is 4. The van der Waals surface area contributed by atoms with E-state index in [0.717, 1.165) is 53.8 Å². The van der Waals surface area contributed by atoms with Crippen molar-refractivity contribution in [3.63, 3.8) is 0 Å². The van der Waals surface area contributed by atoms with Gasteiger partial charge in [-0.2, -0.15) is 0 Å². The molecule has 1 saturated heterocycles. The number of nitrogens with one attached hydrogen (secondary N) is 1. The van der Waals surface area contributed by atoms with E-state index in [4.69, 9.17) is 9.97 Å². The van der Waals surface area contributed by atoms with Gasteiger partial charge in [0.15, 0.2) is 5.82 Å². The predicted octanol–water partition coefficient (Wildman–Crippen LogP) is 4.29. The second-order valence-corrected chi connectivity index (χ2v) is 7.99. The second kappa shape index (κ2) is 7.06. The molecule has 3 aromatic heterocycles. The van der Waals surface area contributed by atoms with E-state index in [-0.39, 0.29) is 0 Å². The molecule has 1 aromatic carbocycles. The summed E-state index contributed by atoms with van der Waals surface area (Å²) in [5, 5.41) is 4.68. The maximum atomic E-state index is 5.10. The van der Waals surface area contributed by atoms with Crippen LogP contribution in [-0.2, 0) is 13.6 Å². The summed E-state index contributed by atoms with van der Waals surface area (Å²) in [7, 11) is 2.09. The van der Waals surface area contributed by atoms with Gasteiger partial charge in [0.2, 0.25) is 0 Å². The Morgan fingerprint density at radius 3 is 2.68 bits per heavy atom. The Kier molecular flexibility index (Phi) is 4.40. The third kappa shape index (κ3) is 2.90. The molecule has 1 fully saturated rings. The van der Waals surface area contributed by atoms with Crippen molar-refractivity contribution in [2.24, 2.45) is 13.0 Å². The van der Waals surface area contributed by atoms with E-state index in [1.54, 1.807) is 0 Å². The summed E-state index contributed by atoms with van der Waals surface area (Å²) in [4.78, 5) is 9.92. The lowest BCUT2D eigenvalue weighted by molar-refractivity contribution is 0.340. The van der Waals surface area contributed by atoms with E-state index in [1.165, 1.54) is 30.2 Å². The number of aryl methyl sites for hydroxylation is 3. The fourth-order valence-corrected chi connectivity index (χ4v) is 4.57. The quantitative estimate of drug-likeness (QED) is 0.581. The second-order valence-electron chi connectivity index (χ2n) is 7.99. The lowest BCUT2D eigenvalue weighted by Crippen LogP contribution is -2.28. The molecule has 4 aromatic rings. The van der Waals surface area contributed by atoms with E-state index in [0.29, 0.717) is 0 Å². The van der Waals surface area contributed by atoms with E-state index < -0.39 is 0 Å². The Hall–Kier alpha value is -2.66. The molecule has 0 radical (unpaired) electrons. The number of pyridine rings is 1. The van der Waals surface area contributed by atoms with E-state index in [9.17, 15) is 0 Å². The zero-order valence-corrected chi connectivity index (χ0v) is 16.7. The van der Waals surface area contributed by atoms with Gasteiger partial charge in [-0.3, -0.25) is 4.98 Å². The third-order valence-corrected chi connectivity index (χ3v) is 6.15. The lowest BCUT2D eigenvalue weighted by Gasteiger charge is -2.23. The number of hydrogen-bond acceptors (Lipinski definition) is 3. The Morgan fingerprint density at radius 2 is 1.89 bits per heavy atom. The zero-order chi connectivity index (χ0) is 19.1. The highest BCUT2D eigenvalue weighted by atomic mass is 15.1. The first-order valence-corrected chi connectivity index (χ1v) is 10.3. The summed E-state index contributed by atoms with van der Waals surface area (Å²) in [5.74, 6) is 1.84. The molecular weight excluding hydrogens is 346 g/mol. The standard InChI is InChI=1S/C23H27N5/c1-16-21-22(18-6-3-4-7-19(18)25-16)28(15-11-17-9-12-24-13-10-17)23(26-21)20-8-5-14-27(20)2/h3-8,14,17,24H,9-13,15H2,1-2H3. The molecule has 5 rings (SSSR count). The Bertz CT molecular complexity index is 1130. The summed E-state index contributed by atoms with van der Waals surface area (Å²) in [6.07, 6.45) is 5.83. The maximum absolute atomic E-state index is 5.10. The largest absolute Gasteiger partial charge is 0.348 e. The van der Waals surface area contributed by atoms with Crippen molar-refractivity contribution in [3.05, 3.63) is 48.3 Å². The van der Waals surface area contributed by atoms with Crippen molar-refractivity contribution in [2.45, 2.75) is 32.7 Å². The summed E-state index contributed by atoms with van der Waals surface area (Å²) >= 11 is 0. The number of hydrogen-bond donors (Lipinski definition) is 1. The highest BCUT2D eigenvalue weighted by molar-refractivity contribution is 6.04. The molecule has 5 heteroatoms. The van der Waals surface area contributed by atoms with E-state index in [1.807, 2.05) is 0 Å². The molecule has 144 valence electrons. The predicted molar refractivity (Wildman–Crippen MR) is 114 cm³/mol. The highest BCUT2D eigenvalue weighted by Crippen LogP contribution is 2.32. The van der Waals surface area contributed by atoms with E-state index in [2.05, 4.69) is 71.0 Å². The molecule has 1 N–H and O–H groups in total. The van der Waals surface area contributed by atoms with Crippen LogP contribution in [0.25, 0.3) is 33.5 Å². The van der Waals surface area contributed by atoms with Gasteiger partial charge >= 0.3 is 0 Å². The van der Waals surface area contributed by atoms with Crippen molar-refractivity contribution in [2.75, 3.05) is 13.1 Å². The van der Waals surface area contributed by atoms with Crippen LogP contribution >= 0.6 is 0 Å². The number of rotatable bonds is 4. The van der Waals surface area contributed by atoms with Crippen LogP contribution in [0.3, 0.4) is 0 Å². The molecule has 0 amide bonds. The SMILES string of the molecule is Cc1nc2ccccc2c2c1nc(-c1cccn1C)n2CCC1CCNCC1. The highest BCUT2D eigenvalue weighted by Gasteiger charge is 2.21. The number of benzene rings is 1. The van der Waals surface area contributed by atoms with Crippen LogP contribution in [0, 0.1) is 12.8 Å². The first-order valence-electron chi connectivity index (χ1n) is 10.3. The molecule has 1 aliphatic rings. The Morgan fingerprint density at radius 1 is 1.07 bits per heavy atom. The van der Waals surface area contributed by atoms with Crippen LogP contribution in [-0.4, -0.2) is 32.2 Å². The average molecular weight is 374 g/mol. The molecule has 5 nitrogen and oxygen atoms in total. The van der Waals surface area contributed by atoms with Gasteiger partial charge in [-0.25, -0.2) is 4.98 Å². The molecule has 0 atom stereocenters. The molecule has 0 unspecified atom stereocenters. The summed E-state index contributed by atoms with van der Waals surface area (Å²) < 4.78 is 4.61. The number of para-hydroxylation sites is 1. The topological polar surface area (TPSA) is 47.7 Å². The van der Waals surface area contributed by atoms with Gasteiger partial charge < -0.3 is 14.5 Å². The summed E-state index contributed by atoms with van der Waals surface area (Å²) in [6.45, 7) is 5.36. The summed E-state index contributed by atoms with van der Waals surface area (Å²) in [6, 6.07) is 12.7. The average Bonchev–Trinajstić information content (AvgIpc) is 3.31. The zero-order valence-electron chi connectivity index (χ0n) is 16.7. The normalized spacial score (nSPS) is 15.6. The van der Waals surface area contributed by atoms with Crippen molar-refractivity contribution >= 4 is 21.9 Å². The smallest absolute Gasteiger partial charge is 0.157 e. The molecule has 0 aliphatic carbocycles. The molecule has 28 heavy (non-hydrogen) atoms. The number of nitrogens with zero attached hydrogens (tertiary/aromatic N) is 4. The lowest BCUT2D eigenvalue weighted by atomic mass is 9.94. The van der Waals surface area contributed by atoms with Gasteiger partial charge in [0.05, 0.1) is 22.4 Å². The fourth-order valence-electron chi connectivity index (χ4n) is 4.57. The van der Waals surface area contributed by atoms with Crippen LogP contribution in [0.1, 0.15) is 25.0 Å². The third-order valence-electron chi connectivity index (χ3n) is 6.15. The fraction of sp³-hybridized carbons (Fsp3) is 0.391. The molecule has 4 heterocycles. The van der Waals surface area contributed by atoms with Crippen molar-refractivity contribution in [1.82, 2.24) is 24.4 Å². The maximum Gasteiger partial charge on any atom is 0.157 e. The van der Waals surface area contributed by atoms with E-state index >= 15 is 0 Å². The summed E-state index contributed by atoms with van der Waals surface area (Å²) in [5.41, 5.74) is 5.47. The van der Waals surface area contributed by atoms with Crippen LogP contribution in [0.4, 0.5) is 0 Å². The van der Waals surface area contributed by atoms with Crippen molar-refractivity contribution < 1.29 is 0 Å². The monoisotopic (exact) mass is 373 g/mol. The van der Waals surface area contributed by atoms with Crippen LogP contribution < -0.4 is 5.32 Å². The van der Waals surface area contributed by atoms with Crippen LogP contribution in [0.2, 0.25) is 0 Å². The first-order chi connectivity index (χ1) is 13.7.